The Morgan fingerprint density at radius 2 is 1.64 bits per heavy atom. The molecule has 0 spiro atoms. The SMILES string of the molecule is Cc1cc(C)c(NC(=O)C2CCC(C(=O)NCc3ccncc3)CC2)c(Cl)c1. The van der Waals surface area contributed by atoms with Gasteiger partial charge in [0.05, 0.1) is 10.7 Å². The van der Waals surface area contributed by atoms with E-state index in [0.717, 1.165) is 29.5 Å². The molecule has 6 heteroatoms. The van der Waals surface area contributed by atoms with Gasteiger partial charge >= 0.3 is 0 Å². The highest BCUT2D eigenvalue weighted by molar-refractivity contribution is 6.34. The van der Waals surface area contributed by atoms with E-state index in [-0.39, 0.29) is 23.7 Å². The molecule has 1 heterocycles. The van der Waals surface area contributed by atoms with Gasteiger partial charge in [-0.1, -0.05) is 17.7 Å². The second-order valence-electron chi connectivity index (χ2n) is 7.55. The average Bonchev–Trinajstić information content (AvgIpc) is 2.69. The molecule has 1 aliphatic rings. The third-order valence-electron chi connectivity index (χ3n) is 5.36. The van der Waals surface area contributed by atoms with E-state index in [0.29, 0.717) is 30.1 Å². The number of aryl methyl sites for hydroxylation is 2. The van der Waals surface area contributed by atoms with Gasteiger partial charge in [0.1, 0.15) is 0 Å². The van der Waals surface area contributed by atoms with Crippen LogP contribution in [0.2, 0.25) is 5.02 Å². The van der Waals surface area contributed by atoms with Gasteiger partial charge in [0, 0.05) is 30.8 Å². The lowest BCUT2D eigenvalue weighted by Crippen LogP contribution is -2.35. The first kappa shape index (κ1) is 20.3. The molecule has 2 aromatic rings. The summed E-state index contributed by atoms with van der Waals surface area (Å²) in [5.74, 6) is -0.0609. The summed E-state index contributed by atoms with van der Waals surface area (Å²) in [5.41, 5.74) is 3.75. The molecule has 0 unspecified atom stereocenters. The maximum Gasteiger partial charge on any atom is 0.227 e. The van der Waals surface area contributed by atoms with Crippen LogP contribution in [0.3, 0.4) is 0 Å². The van der Waals surface area contributed by atoms with Crippen molar-refractivity contribution in [2.45, 2.75) is 46.1 Å². The highest BCUT2D eigenvalue weighted by Crippen LogP contribution is 2.32. The smallest absolute Gasteiger partial charge is 0.227 e. The molecule has 2 amide bonds. The fourth-order valence-corrected chi connectivity index (χ4v) is 4.12. The number of halogens is 1. The van der Waals surface area contributed by atoms with Crippen LogP contribution in [0, 0.1) is 25.7 Å². The highest BCUT2D eigenvalue weighted by Gasteiger charge is 2.30. The lowest BCUT2D eigenvalue weighted by atomic mass is 9.81. The van der Waals surface area contributed by atoms with Gasteiger partial charge in [-0.15, -0.1) is 0 Å². The van der Waals surface area contributed by atoms with Crippen molar-refractivity contribution in [1.29, 1.82) is 0 Å². The molecule has 0 saturated heterocycles. The quantitative estimate of drug-likeness (QED) is 0.782. The summed E-state index contributed by atoms with van der Waals surface area (Å²) >= 11 is 6.30. The van der Waals surface area contributed by atoms with Gasteiger partial charge in [-0.2, -0.15) is 0 Å². The summed E-state index contributed by atoms with van der Waals surface area (Å²) in [6, 6.07) is 7.64. The Bertz CT molecular complexity index is 823. The first-order chi connectivity index (χ1) is 13.4. The molecule has 0 atom stereocenters. The lowest BCUT2D eigenvalue weighted by Gasteiger charge is -2.27. The molecular weight excluding hydrogens is 374 g/mol. The van der Waals surface area contributed by atoms with E-state index in [2.05, 4.69) is 15.6 Å². The predicted octanol–water partition coefficient (Wildman–Crippen LogP) is 4.41. The molecule has 5 nitrogen and oxygen atoms in total. The van der Waals surface area contributed by atoms with Crippen molar-refractivity contribution >= 4 is 29.1 Å². The summed E-state index contributed by atoms with van der Waals surface area (Å²) in [5, 5.41) is 6.54. The molecule has 0 radical (unpaired) electrons. The van der Waals surface area contributed by atoms with Crippen LogP contribution in [0.4, 0.5) is 5.69 Å². The predicted molar refractivity (Wildman–Crippen MR) is 111 cm³/mol. The van der Waals surface area contributed by atoms with E-state index in [9.17, 15) is 9.59 Å². The standard InChI is InChI=1S/C22H26ClN3O2/c1-14-11-15(2)20(19(23)12-14)26-22(28)18-5-3-17(4-6-18)21(27)25-13-16-7-9-24-10-8-16/h7-12,17-18H,3-6,13H2,1-2H3,(H,25,27)(H,26,28). The summed E-state index contributed by atoms with van der Waals surface area (Å²) in [4.78, 5) is 29.1. The van der Waals surface area contributed by atoms with E-state index < -0.39 is 0 Å². The number of carbonyl (C=O) groups is 2. The van der Waals surface area contributed by atoms with Crippen molar-refractivity contribution in [2.24, 2.45) is 11.8 Å². The molecule has 2 N–H and O–H groups in total. The number of aromatic nitrogens is 1. The summed E-state index contributed by atoms with van der Waals surface area (Å²) in [6.07, 6.45) is 6.30. The van der Waals surface area contributed by atoms with Crippen LogP contribution in [0.1, 0.15) is 42.4 Å². The van der Waals surface area contributed by atoms with Gasteiger partial charge in [0.15, 0.2) is 0 Å². The third-order valence-corrected chi connectivity index (χ3v) is 5.66. The molecular formula is C22H26ClN3O2. The Hall–Kier alpha value is -2.40. The normalized spacial score (nSPS) is 19.1. The fraction of sp³-hybridized carbons (Fsp3) is 0.409. The molecule has 3 rings (SSSR count). The first-order valence-electron chi connectivity index (χ1n) is 9.68. The fourth-order valence-electron chi connectivity index (χ4n) is 3.75. The number of hydrogen-bond donors (Lipinski definition) is 2. The minimum Gasteiger partial charge on any atom is -0.352 e. The number of anilines is 1. The molecule has 0 bridgehead atoms. The minimum atomic E-state index is -0.0824. The Morgan fingerprint density at radius 1 is 1.04 bits per heavy atom. The summed E-state index contributed by atoms with van der Waals surface area (Å²) < 4.78 is 0. The van der Waals surface area contributed by atoms with Gasteiger partial charge in [-0.25, -0.2) is 0 Å². The number of benzene rings is 1. The van der Waals surface area contributed by atoms with Crippen molar-refractivity contribution < 1.29 is 9.59 Å². The van der Waals surface area contributed by atoms with Crippen LogP contribution in [0.25, 0.3) is 0 Å². The van der Waals surface area contributed by atoms with Crippen LogP contribution in [0.15, 0.2) is 36.7 Å². The summed E-state index contributed by atoms with van der Waals surface area (Å²) in [7, 11) is 0. The van der Waals surface area contributed by atoms with Gasteiger partial charge in [-0.3, -0.25) is 14.6 Å². The molecule has 1 aromatic carbocycles. The highest BCUT2D eigenvalue weighted by atomic mass is 35.5. The second-order valence-corrected chi connectivity index (χ2v) is 7.96. The van der Waals surface area contributed by atoms with Crippen molar-refractivity contribution in [1.82, 2.24) is 10.3 Å². The number of rotatable bonds is 5. The number of carbonyl (C=O) groups excluding carboxylic acids is 2. The molecule has 1 fully saturated rings. The minimum absolute atomic E-state index is 0.00973. The van der Waals surface area contributed by atoms with Crippen LogP contribution >= 0.6 is 11.6 Å². The average molecular weight is 400 g/mol. The van der Waals surface area contributed by atoms with Crippen LogP contribution in [0.5, 0.6) is 0 Å². The number of amides is 2. The van der Waals surface area contributed by atoms with E-state index >= 15 is 0 Å². The molecule has 148 valence electrons. The topological polar surface area (TPSA) is 71.1 Å². The van der Waals surface area contributed by atoms with Crippen molar-refractivity contribution in [3.8, 4) is 0 Å². The van der Waals surface area contributed by atoms with Gasteiger partial charge < -0.3 is 10.6 Å². The number of pyridine rings is 1. The summed E-state index contributed by atoms with van der Waals surface area (Å²) in [6.45, 7) is 4.43. The second kappa shape index (κ2) is 9.20. The van der Waals surface area contributed by atoms with Crippen LogP contribution < -0.4 is 10.6 Å². The van der Waals surface area contributed by atoms with Crippen LogP contribution in [-0.2, 0) is 16.1 Å². The molecule has 1 aromatic heterocycles. The zero-order valence-electron chi connectivity index (χ0n) is 16.3. The van der Waals surface area contributed by atoms with E-state index in [1.54, 1.807) is 12.4 Å². The van der Waals surface area contributed by atoms with E-state index in [1.165, 1.54) is 0 Å². The van der Waals surface area contributed by atoms with Crippen molar-refractivity contribution in [3.63, 3.8) is 0 Å². The maximum absolute atomic E-state index is 12.7. The lowest BCUT2D eigenvalue weighted by molar-refractivity contribution is -0.128. The molecule has 28 heavy (non-hydrogen) atoms. The molecule has 1 aliphatic carbocycles. The Labute approximate surface area is 170 Å². The van der Waals surface area contributed by atoms with E-state index in [1.807, 2.05) is 38.1 Å². The molecule has 1 saturated carbocycles. The van der Waals surface area contributed by atoms with Crippen molar-refractivity contribution in [2.75, 3.05) is 5.32 Å². The number of nitrogens with zero attached hydrogens (tertiary/aromatic N) is 1. The largest absolute Gasteiger partial charge is 0.352 e. The van der Waals surface area contributed by atoms with Crippen molar-refractivity contribution in [3.05, 3.63) is 58.4 Å². The Morgan fingerprint density at radius 3 is 2.25 bits per heavy atom. The van der Waals surface area contributed by atoms with Gasteiger partial charge in [-0.05, 0) is 74.4 Å². The monoisotopic (exact) mass is 399 g/mol. The van der Waals surface area contributed by atoms with E-state index in [4.69, 9.17) is 11.6 Å². The maximum atomic E-state index is 12.7. The third kappa shape index (κ3) is 5.10. The van der Waals surface area contributed by atoms with Gasteiger partial charge in [0.2, 0.25) is 11.8 Å². The number of nitrogens with one attached hydrogen (secondary N) is 2. The zero-order valence-corrected chi connectivity index (χ0v) is 17.1. The zero-order chi connectivity index (χ0) is 20.1. The van der Waals surface area contributed by atoms with Gasteiger partial charge in [0.25, 0.3) is 0 Å². The first-order valence-corrected chi connectivity index (χ1v) is 10.1. The van der Waals surface area contributed by atoms with Crippen LogP contribution in [-0.4, -0.2) is 16.8 Å². The molecule has 0 aliphatic heterocycles. The Balaban J connectivity index is 1.49. The Kier molecular flexibility index (Phi) is 6.68. The number of hydrogen-bond acceptors (Lipinski definition) is 3.